The molecular formula is C38H42O18. The van der Waals surface area contributed by atoms with Crippen LogP contribution in [0.3, 0.4) is 0 Å². The quantitative estimate of drug-likeness (QED) is 0.0661. The van der Waals surface area contributed by atoms with E-state index in [0.29, 0.717) is 5.56 Å². The Hall–Kier alpha value is -4.02. The maximum Gasteiger partial charge on any atom is 0.348 e. The van der Waals surface area contributed by atoms with Crippen molar-refractivity contribution in [2.75, 3.05) is 7.11 Å². The first-order valence-electron chi connectivity index (χ1n) is 18.1. The minimum atomic E-state index is -1.74. The number of aliphatic hydroxyl groups excluding tert-OH is 6. The van der Waals surface area contributed by atoms with Crippen molar-refractivity contribution < 1.29 is 77.7 Å². The van der Waals surface area contributed by atoms with E-state index in [0.717, 1.165) is 0 Å². The molecule has 3 aliphatic rings. The highest BCUT2D eigenvalue weighted by molar-refractivity contribution is 6.28. The van der Waals surface area contributed by atoms with Crippen LogP contribution in [-0.2, 0) is 28.4 Å². The van der Waals surface area contributed by atoms with E-state index in [4.69, 9.17) is 42.0 Å². The van der Waals surface area contributed by atoms with Crippen LogP contribution in [0, 0.1) is 6.92 Å². The van der Waals surface area contributed by atoms with Gasteiger partial charge in [0.2, 0.25) is 6.29 Å². The summed E-state index contributed by atoms with van der Waals surface area (Å²) in [6.45, 7) is 6.12. The first-order valence-corrected chi connectivity index (χ1v) is 18.1. The van der Waals surface area contributed by atoms with Crippen LogP contribution in [0.4, 0.5) is 0 Å². The van der Waals surface area contributed by atoms with Crippen molar-refractivity contribution in [2.45, 2.75) is 120 Å². The molecule has 18 nitrogen and oxygen atoms in total. The molecule has 18 heteroatoms. The van der Waals surface area contributed by atoms with Gasteiger partial charge in [-0.2, -0.15) is 0 Å². The number of aromatic hydroxyl groups is 1. The van der Waals surface area contributed by atoms with Crippen molar-refractivity contribution in [2.24, 2.45) is 0 Å². The van der Waals surface area contributed by atoms with Crippen molar-refractivity contribution >= 4 is 43.5 Å². The Morgan fingerprint density at radius 2 is 1.18 bits per heavy atom. The van der Waals surface area contributed by atoms with Gasteiger partial charge >= 0.3 is 11.3 Å². The number of aryl methyl sites for hydroxylation is 1. The molecule has 0 aliphatic carbocycles. The summed E-state index contributed by atoms with van der Waals surface area (Å²) < 4.78 is 52.8. The summed E-state index contributed by atoms with van der Waals surface area (Å²) in [7, 11) is 1.27. The number of hydrogen-bond acceptors (Lipinski definition) is 18. The van der Waals surface area contributed by atoms with Crippen LogP contribution in [0.2, 0.25) is 0 Å². The van der Waals surface area contributed by atoms with Gasteiger partial charge in [0.25, 0.3) is 0 Å². The normalized spacial score (nSPS) is 36.9. The molecule has 7 N–H and O–H groups in total. The average Bonchev–Trinajstić information content (AvgIpc) is 3.16. The highest BCUT2D eigenvalue weighted by atomic mass is 16.8. The molecule has 3 aromatic carbocycles. The molecule has 5 heterocycles. The molecule has 8 rings (SSSR count). The van der Waals surface area contributed by atoms with E-state index in [2.05, 4.69) is 0 Å². The Morgan fingerprint density at radius 3 is 1.86 bits per heavy atom. The first kappa shape index (κ1) is 38.8. The molecule has 0 spiro atoms. The minimum Gasteiger partial charge on any atom is -0.506 e. The number of methoxy groups -OCH3 is 1. The van der Waals surface area contributed by atoms with Gasteiger partial charge in [-0.25, -0.2) is 9.59 Å². The van der Waals surface area contributed by atoms with E-state index >= 15 is 0 Å². The molecule has 3 saturated heterocycles. The lowest BCUT2D eigenvalue weighted by Gasteiger charge is -2.48. The molecule has 0 radical (unpaired) electrons. The monoisotopic (exact) mass is 786 g/mol. The van der Waals surface area contributed by atoms with Crippen LogP contribution in [0.1, 0.15) is 26.3 Å². The summed E-state index contributed by atoms with van der Waals surface area (Å²) in [5.41, 5.74) is -1.10. The van der Waals surface area contributed by atoms with Crippen LogP contribution < -0.4 is 16.0 Å². The van der Waals surface area contributed by atoms with E-state index in [1.165, 1.54) is 52.1 Å². The highest BCUT2D eigenvalue weighted by Gasteiger charge is 2.53. The van der Waals surface area contributed by atoms with Gasteiger partial charge in [0.1, 0.15) is 71.3 Å². The summed E-state index contributed by atoms with van der Waals surface area (Å²) in [5, 5.41) is 77.8. The van der Waals surface area contributed by atoms with Gasteiger partial charge in [-0.3, -0.25) is 0 Å². The maximum atomic E-state index is 13.5. The fourth-order valence-electron chi connectivity index (χ4n) is 7.99. The second-order valence-corrected chi connectivity index (χ2v) is 14.6. The van der Waals surface area contributed by atoms with E-state index in [9.17, 15) is 45.3 Å². The van der Waals surface area contributed by atoms with Crippen molar-refractivity contribution in [3.63, 3.8) is 0 Å². The van der Waals surface area contributed by atoms with Crippen molar-refractivity contribution in [3.05, 3.63) is 56.7 Å². The van der Waals surface area contributed by atoms with Crippen molar-refractivity contribution in [1.82, 2.24) is 0 Å². The SMILES string of the molecule is CO[C@H]1[C@@H](O)[C@@H](C)O[C@H](O[C@H]2[C@@H](O[C@H]3[C@H](Oc4cccc5c(O)c6c(=O)oc7ccc(C)c8c(=O)oc(c45)c6c78)O[C@H](C)[C@H](O)[C@@H]3O)O[C@H](C)[C@H](O)[C@@H]2O)[C@@H]1O. The van der Waals surface area contributed by atoms with Crippen LogP contribution in [0.5, 0.6) is 11.5 Å². The Morgan fingerprint density at radius 1 is 0.589 bits per heavy atom. The lowest BCUT2D eigenvalue weighted by atomic mass is 9.95. The number of benzene rings is 3. The number of rotatable bonds is 7. The Kier molecular flexibility index (Phi) is 10.00. The molecule has 0 saturated carbocycles. The van der Waals surface area contributed by atoms with E-state index in [-0.39, 0.29) is 49.2 Å². The van der Waals surface area contributed by atoms with Crippen molar-refractivity contribution in [1.29, 1.82) is 0 Å². The number of phenolic OH excluding ortho intramolecular Hbond substituents is 1. The summed E-state index contributed by atoms with van der Waals surface area (Å²) in [4.78, 5) is 26.8. The standard InChI is InChI=1S/C38H42O18/c1-11-9-10-17-20-18(11)34(46)54-30-19-15(26(42)22(21(20)30)35(47)52-17)7-6-8-16(19)53-37-32(27(43)23(39)12(2)50-37)56-38-33(28(44)24(40)13(3)51-38)55-36-29(45)31(48-5)25(41)14(4)49-36/h6-10,12-14,23-25,27-29,31-33,36-45H,1-5H3/t12-,13-,14-,23+,24+,25+,27+,28+,29-,31+,32-,33-,36-,37+,38-/m1/s1. The molecule has 0 amide bonds. The van der Waals surface area contributed by atoms with Crippen LogP contribution in [-0.4, -0.2) is 135 Å². The summed E-state index contributed by atoms with van der Waals surface area (Å²) >= 11 is 0. The lowest BCUT2D eigenvalue weighted by molar-refractivity contribution is -0.384. The third-order valence-electron chi connectivity index (χ3n) is 11.1. The van der Waals surface area contributed by atoms with Gasteiger partial charge in [0.15, 0.2) is 24.3 Å². The van der Waals surface area contributed by atoms with Crippen LogP contribution in [0.15, 0.2) is 48.8 Å². The Bertz CT molecular complexity index is 2380. The number of aliphatic hydroxyl groups is 6. The molecule has 302 valence electrons. The number of hydrogen-bond donors (Lipinski definition) is 7. The third-order valence-corrected chi connectivity index (χ3v) is 11.1. The highest BCUT2D eigenvalue weighted by Crippen LogP contribution is 2.45. The fourth-order valence-corrected chi connectivity index (χ4v) is 7.99. The van der Waals surface area contributed by atoms with E-state index < -0.39 is 109 Å². The van der Waals surface area contributed by atoms with Gasteiger partial charge in [0.05, 0.1) is 29.1 Å². The molecule has 2 aromatic heterocycles. The third kappa shape index (κ3) is 6.03. The second-order valence-electron chi connectivity index (χ2n) is 14.6. The lowest BCUT2D eigenvalue weighted by Crippen LogP contribution is -2.66. The molecule has 56 heavy (non-hydrogen) atoms. The zero-order valence-electron chi connectivity index (χ0n) is 30.7. The molecule has 0 unspecified atom stereocenters. The summed E-state index contributed by atoms with van der Waals surface area (Å²) in [5.74, 6) is -0.541. The Labute approximate surface area is 316 Å². The topological polar surface area (TPSA) is 267 Å². The number of fused-ring (bicyclic) bond motifs is 2. The minimum absolute atomic E-state index is 0.0391. The van der Waals surface area contributed by atoms with Gasteiger partial charge in [-0.05, 0) is 45.4 Å². The maximum absolute atomic E-state index is 13.5. The fraction of sp³-hybridized carbons (Fsp3) is 0.526. The second kappa shape index (κ2) is 14.4. The molecule has 15 atom stereocenters. The molecule has 5 aromatic rings. The van der Waals surface area contributed by atoms with E-state index in [1.54, 1.807) is 13.0 Å². The average molecular weight is 787 g/mol. The molecular weight excluding hydrogens is 744 g/mol. The van der Waals surface area contributed by atoms with Crippen LogP contribution >= 0.6 is 0 Å². The van der Waals surface area contributed by atoms with Gasteiger partial charge < -0.3 is 77.7 Å². The number of ether oxygens (including phenoxy) is 7. The van der Waals surface area contributed by atoms with Gasteiger partial charge in [-0.1, -0.05) is 18.2 Å². The zero-order valence-corrected chi connectivity index (χ0v) is 30.7. The Balaban J connectivity index is 1.20. The molecule has 3 aliphatic heterocycles. The van der Waals surface area contributed by atoms with Gasteiger partial charge in [-0.15, -0.1) is 0 Å². The predicted molar refractivity (Wildman–Crippen MR) is 191 cm³/mol. The smallest absolute Gasteiger partial charge is 0.348 e. The molecule has 0 bridgehead atoms. The number of phenols is 1. The first-order chi connectivity index (χ1) is 26.6. The van der Waals surface area contributed by atoms with Crippen molar-refractivity contribution in [3.8, 4) is 11.5 Å². The van der Waals surface area contributed by atoms with Crippen LogP contribution in [0.25, 0.3) is 43.5 Å². The summed E-state index contributed by atoms with van der Waals surface area (Å²) in [6, 6.07) is 7.56. The largest absolute Gasteiger partial charge is 0.506 e. The van der Waals surface area contributed by atoms with E-state index in [1.807, 2.05) is 0 Å². The predicted octanol–water partition coefficient (Wildman–Crippen LogP) is 0.222. The van der Waals surface area contributed by atoms with Gasteiger partial charge in [0, 0.05) is 23.3 Å². The summed E-state index contributed by atoms with van der Waals surface area (Å²) in [6.07, 6.45) is -21.5. The zero-order chi connectivity index (χ0) is 40.1. The molecule has 3 fully saturated rings.